The normalized spacial score (nSPS) is 10.2. The summed E-state index contributed by atoms with van der Waals surface area (Å²) in [6.07, 6.45) is 4.55. The molecule has 0 fully saturated rings. The summed E-state index contributed by atoms with van der Waals surface area (Å²) in [5, 5.41) is 7.75. The second kappa shape index (κ2) is 3.39. The van der Waals surface area contributed by atoms with Gasteiger partial charge in [0.2, 0.25) is 0 Å². The number of aryl methyl sites for hydroxylation is 1. The standard InChI is InChI=1S/C10H11N3/c1-2-9-5-3-4-6-10(9)13-8-7-11-12-13/h3-8H,2H2,1H3. The zero-order chi connectivity index (χ0) is 9.10. The number of nitrogens with zero attached hydrogens (tertiary/aromatic N) is 3. The topological polar surface area (TPSA) is 30.7 Å². The Hall–Kier alpha value is -1.64. The van der Waals surface area contributed by atoms with Gasteiger partial charge >= 0.3 is 0 Å². The maximum absolute atomic E-state index is 3.96. The average molecular weight is 173 g/mol. The summed E-state index contributed by atoms with van der Waals surface area (Å²) in [5.74, 6) is 0. The zero-order valence-corrected chi connectivity index (χ0v) is 7.51. The van der Waals surface area contributed by atoms with E-state index >= 15 is 0 Å². The van der Waals surface area contributed by atoms with Crippen molar-refractivity contribution >= 4 is 0 Å². The smallest absolute Gasteiger partial charge is 0.0697 e. The lowest BCUT2D eigenvalue weighted by Gasteiger charge is -2.05. The molecule has 13 heavy (non-hydrogen) atoms. The van der Waals surface area contributed by atoms with Gasteiger partial charge in [-0.1, -0.05) is 30.3 Å². The average Bonchev–Trinajstić information content (AvgIpc) is 2.70. The Morgan fingerprint density at radius 1 is 1.31 bits per heavy atom. The van der Waals surface area contributed by atoms with Gasteiger partial charge in [-0.05, 0) is 18.1 Å². The minimum Gasteiger partial charge on any atom is -0.220 e. The lowest BCUT2D eigenvalue weighted by atomic mass is 10.1. The molecule has 2 rings (SSSR count). The number of para-hydroxylation sites is 1. The van der Waals surface area contributed by atoms with Crippen molar-refractivity contribution in [2.24, 2.45) is 0 Å². The Kier molecular flexibility index (Phi) is 2.08. The minimum absolute atomic E-state index is 1.01. The molecule has 0 saturated heterocycles. The molecule has 0 aliphatic heterocycles. The first kappa shape index (κ1) is 7.98. The highest BCUT2D eigenvalue weighted by molar-refractivity contribution is 5.39. The Morgan fingerprint density at radius 3 is 2.85 bits per heavy atom. The molecule has 0 N–H and O–H groups in total. The van der Waals surface area contributed by atoms with Crippen LogP contribution in [0.2, 0.25) is 0 Å². The Bertz CT molecular complexity index is 379. The molecule has 3 heteroatoms. The second-order valence-electron chi connectivity index (χ2n) is 2.83. The maximum atomic E-state index is 3.96. The monoisotopic (exact) mass is 173 g/mol. The van der Waals surface area contributed by atoms with Crippen LogP contribution in [0.4, 0.5) is 0 Å². The van der Waals surface area contributed by atoms with E-state index in [4.69, 9.17) is 0 Å². The molecule has 0 saturated carbocycles. The highest BCUT2D eigenvalue weighted by Gasteiger charge is 2.01. The van der Waals surface area contributed by atoms with Crippen LogP contribution in [0.3, 0.4) is 0 Å². The molecular weight excluding hydrogens is 162 g/mol. The first-order valence-corrected chi connectivity index (χ1v) is 4.36. The Morgan fingerprint density at radius 2 is 2.15 bits per heavy atom. The first-order valence-electron chi connectivity index (χ1n) is 4.36. The van der Waals surface area contributed by atoms with E-state index in [0.29, 0.717) is 0 Å². The number of hydrogen-bond acceptors (Lipinski definition) is 2. The molecule has 0 spiro atoms. The molecule has 0 unspecified atom stereocenters. The molecule has 66 valence electrons. The summed E-state index contributed by atoms with van der Waals surface area (Å²) >= 11 is 0. The first-order chi connectivity index (χ1) is 6.42. The van der Waals surface area contributed by atoms with Gasteiger partial charge in [0.15, 0.2) is 0 Å². The fourth-order valence-corrected chi connectivity index (χ4v) is 1.37. The van der Waals surface area contributed by atoms with Gasteiger partial charge in [0.1, 0.15) is 0 Å². The van der Waals surface area contributed by atoms with Crippen molar-refractivity contribution in [1.82, 2.24) is 15.0 Å². The Balaban J connectivity index is 2.51. The lowest BCUT2D eigenvalue weighted by Crippen LogP contribution is -1.99. The third-order valence-electron chi connectivity index (χ3n) is 2.04. The summed E-state index contributed by atoms with van der Waals surface area (Å²) < 4.78 is 1.79. The fourth-order valence-electron chi connectivity index (χ4n) is 1.37. The van der Waals surface area contributed by atoms with Crippen LogP contribution in [0.15, 0.2) is 36.7 Å². The van der Waals surface area contributed by atoms with E-state index < -0.39 is 0 Å². The van der Waals surface area contributed by atoms with Crippen LogP contribution in [0.25, 0.3) is 5.69 Å². The number of benzene rings is 1. The third-order valence-corrected chi connectivity index (χ3v) is 2.04. The highest BCUT2D eigenvalue weighted by atomic mass is 15.4. The van der Waals surface area contributed by atoms with E-state index in [1.807, 2.05) is 24.4 Å². The largest absolute Gasteiger partial charge is 0.220 e. The van der Waals surface area contributed by atoms with Crippen LogP contribution in [-0.2, 0) is 6.42 Å². The maximum Gasteiger partial charge on any atom is 0.0697 e. The number of aromatic nitrogens is 3. The van der Waals surface area contributed by atoms with Crippen molar-refractivity contribution in [1.29, 1.82) is 0 Å². The molecule has 3 nitrogen and oxygen atoms in total. The summed E-state index contributed by atoms with van der Waals surface area (Å²) in [5.41, 5.74) is 2.40. The van der Waals surface area contributed by atoms with Crippen LogP contribution >= 0.6 is 0 Å². The van der Waals surface area contributed by atoms with E-state index in [2.05, 4.69) is 23.3 Å². The molecule has 0 atom stereocenters. The van der Waals surface area contributed by atoms with Crippen molar-refractivity contribution in [2.45, 2.75) is 13.3 Å². The van der Waals surface area contributed by atoms with Crippen LogP contribution in [0.1, 0.15) is 12.5 Å². The van der Waals surface area contributed by atoms with E-state index in [1.165, 1.54) is 5.56 Å². The van der Waals surface area contributed by atoms with Gasteiger partial charge in [-0.2, -0.15) is 0 Å². The van der Waals surface area contributed by atoms with Gasteiger partial charge in [0.25, 0.3) is 0 Å². The molecule has 0 radical (unpaired) electrons. The summed E-state index contributed by atoms with van der Waals surface area (Å²) in [7, 11) is 0. The van der Waals surface area contributed by atoms with Crippen molar-refractivity contribution in [3.63, 3.8) is 0 Å². The van der Waals surface area contributed by atoms with Crippen molar-refractivity contribution in [3.05, 3.63) is 42.2 Å². The van der Waals surface area contributed by atoms with E-state index in [9.17, 15) is 0 Å². The van der Waals surface area contributed by atoms with Gasteiger partial charge in [-0.25, -0.2) is 4.68 Å². The molecule has 0 aliphatic carbocycles. The number of rotatable bonds is 2. The van der Waals surface area contributed by atoms with Gasteiger partial charge in [-0.3, -0.25) is 0 Å². The van der Waals surface area contributed by atoms with E-state index in [-0.39, 0.29) is 0 Å². The molecule has 1 heterocycles. The van der Waals surface area contributed by atoms with Crippen LogP contribution < -0.4 is 0 Å². The van der Waals surface area contributed by atoms with Crippen LogP contribution in [0.5, 0.6) is 0 Å². The predicted octanol–water partition coefficient (Wildman–Crippen LogP) is 1.83. The second-order valence-corrected chi connectivity index (χ2v) is 2.83. The quantitative estimate of drug-likeness (QED) is 0.693. The summed E-state index contributed by atoms with van der Waals surface area (Å²) in [6.45, 7) is 2.13. The molecule has 1 aromatic carbocycles. The molecule has 1 aromatic heterocycles. The van der Waals surface area contributed by atoms with Crippen LogP contribution in [0, 0.1) is 0 Å². The molecule has 2 aromatic rings. The summed E-state index contributed by atoms with van der Waals surface area (Å²) in [4.78, 5) is 0. The predicted molar refractivity (Wildman–Crippen MR) is 50.7 cm³/mol. The van der Waals surface area contributed by atoms with Crippen LogP contribution in [-0.4, -0.2) is 15.0 Å². The van der Waals surface area contributed by atoms with Crippen molar-refractivity contribution < 1.29 is 0 Å². The van der Waals surface area contributed by atoms with E-state index in [1.54, 1.807) is 10.9 Å². The lowest BCUT2D eigenvalue weighted by molar-refractivity contribution is 0.793. The SMILES string of the molecule is CCc1ccccc1-n1ccnn1. The highest BCUT2D eigenvalue weighted by Crippen LogP contribution is 2.12. The van der Waals surface area contributed by atoms with E-state index in [0.717, 1.165) is 12.1 Å². The van der Waals surface area contributed by atoms with Crippen molar-refractivity contribution in [2.75, 3.05) is 0 Å². The minimum atomic E-state index is 1.01. The zero-order valence-electron chi connectivity index (χ0n) is 7.51. The van der Waals surface area contributed by atoms with Gasteiger partial charge in [0.05, 0.1) is 18.1 Å². The number of hydrogen-bond donors (Lipinski definition) is 0. The molecular formula is C10H11N3. The van der Waals surface area contributed by atoms with Gasteiger partial charge in [-0.15, -0.1) is 5.10 Å². The summed E-state index contributed by atoms with van der Waals surface area (Å²) in [6, 6.07) is 8.21. The van der Waals surface area contributed by atoms with Gasteiger partial charge in [0, 0.05) is 0 Å². The molecule has 0 amide bonds. The molecule has 0 aliphatic rings. The molecule has 0 bridgehead atoms. The Labute approximate surface area is 77.0 Å². The third kappa shape index (κ3) is 1.45. The van der Waals surface area contributed by atoms with Crippen molar-refractivity contribution in [3.8, 4) is 5.69 Å². The van der Waals surface area contributed by atoms with Gasteiger partial charge < -0.3 is 0 Å². The fraction of sp³-hybridized carbons (Fsp3) is 0.200.